The summed E-state index contributed by atoms with van der Waals surface area (Å²) in [5.41, 5.74) is 0.122. The standard InChI is InChI=1S/C16H11NO7S2/c1-9(18)17(11-4-7-13-14(8-11)25-16(21)24-13)26(22,23)12-5-2-10(3-6-12)15(19)20/h2-8H,1H3,(H,19,20)/p-1. The molecule has 0 aliphatic carbocycles. The van der Waals surface area contributed by atoms with Crippen molar-refractivity contribution in [3.63, 3.8) is 0 Å². The second kappa shape index (κ2) is 6.39. The summed E-state index contributed by atoms with van der Waals surface area (Å²) in [5.74, 6) is -2.22. The fraction of sp³-hybridized carbons (Fsp3) is 0.0625. The Hall–Kier alpha value is -2.98. The summed E-state index contributed by atoms with van der Waals surface area (Å²) in [7, 11) is -4.29. The Morgan fingerprint density at radius 3 is 2.35 bits per heavy atom. The van der Waals surface area contributed by atoms with Crippen LogP contribution in [0.3, 0.4) is 0 Å². The van der Waals surface area contributed by atoms with Gasteiger partial charge in [0.2, 0.25) is 5.91 Å². The van der Waals surface area contributed by atoms with Crippen LogP contribution >= 0.6 is 11.3 Å². The molecule has 0 fully saturated rings. The van der Waals surface area contributed by atoms with Crippen molar-refractivity contribution in [2.24, 2.45) is 0 Å². The van der Waals surface area contributed by atoms with E-state index in [0.717, 1.165) is 42.5 Å². The summed E-state index contributed by atoms with van der Waals surface area (Å²) in [4.78, 5) is 33.3. The average molecular weight is 392 g/mol. The number of amides is 1. The van der Waals surface area contributed by atoms with Gasteiger partial charge in [0.15, 0.2) is 0 Å². The Kier molecular flexibility index (Phi) is 4.38. The number of fused-ring (bicyclic) bond motifs is 1. The third-order valence-electron chi connectivity index (χ3n) is 3.46. The molecule has 10 heteroatoms. The number of carboxylic acids is 1. The number of carbonyl (C=O) groups excluding carboxylic acids is 2. The number of sulfonamides is 1. The van der Waals surface area contributed by atoms with Gasteiger partial charge in [-0.2, -0.15) is 0 Å². The van der Waals surface area contributed by atoms with Gasteiger partial charge in [0.25, 0.3) is 10.0 Å². The Morgan fingerprint density at radius 2 is 1.77 bits per heavy atom. The van der Waals surface area contributed by atoms with Crippen molar-refractivity contribution in [2.75, 3.05) is 4.31 Å². The first kappa shape index (κ1) is 17.8. The number of rotatable bonds is 4. The fourth-order valence-electron chi connectivity index (χ4n) is 2.35. The number of carboxylic acid groups (broad SMARTS) is 1. The number of anilines is 1. The minimum Gasteiger partial charge on any atom is -0.545 e. The smallest absolute Gasteiger partial charge is 0.396 e. The summed E-state index contributed by atoms with van der Waals surface area (Å²) >= 11 is 0.780. The van der Waals surface area contributed by atoms with Crippen molar-refractivity contribution < 1.29 is 27.5 Å². The minimum atomic E-state index is -4.29. The lowest BCUT2D eigenvalue weighted by atomic mass is 10.2. The van der Waals surface area contributed by atoms with E-state index in [9.17, 15) is 27.9 Å². The molecule has 0 atom stereocenters. The Labute approximate surface area is 151 Å². The Balaban J connectivity index is 2.11. The van der Waals surface area contributed by atoms with Gasteiger partial charge in [-0.05, 0) is 35.9 Å². The normalized spacial score (nSPS) is 11.4. The van der Waals surface area contributed by atoms with Crippen LogP contribution in [0.25, 0.3) is 10.3 Å². The van der Waals surface area contributed by atoms with Gasteiger partial charge in [0.05, 0.1) is 21.3 Å². The van der Waals surface area contributed by atoms with Gasteiger partial charge in [-0.25, -0.2) is 17.5 Å². The monoisotopic (exact) mass is 392 g/mol. The van der Waals surface area contributed by atoms with E-state index in [1.165, 1.54) is 18.2 Å². The van der Waals surface area contributed by atoms with Crippen LogP contribution in [0, 0.1) is 0 Å². The molecule has 8 nitrogen and oxygen atoms in total. The molecular weight excluding hydrogens is 382 g/mol. The van der Waals surface area contributed by atoms with Crippen LogP contribution in [0.2, 0.25) is 0 Å². The van der Waals surface area contributed by atoms with Crippen molar-refractivity contribution in [3.8, 4) is 0 Å². The van der Waals surface area contributed by atoms with Crippen molar-refractivity contribution in [3.05, 3.63) is 57.8 Å². The summed E-state index contributed by atoms with van der Waals surface area (Å²) in [6.45, 7) is 1.08. The summed E-state index contributed by atoms with van der Waals surface area (Å²) in [6, 6.07) is 8.40. The molecule has 3 rings (SSSR count). The highest BCUT2D eigenvalue weighted by Crippen LogP contribution is 2.28. The zero-order valence-electron chi connectivity index (χ0n) is 13.2. The number of hydrogen-bond acceptors (Lipinski definition) is 8. The van der Waals surface area contributed by atoms with Gasteiger partial charge < -0.3 is 14.3 Å². The molecule has 1 heterocycles. The quantitative estimate of drug-likeness (QED) is 0.647. The van der Waals surface area contributed by atoms with Crippen LogP contribution < -0.4 is 14.4 Å². The van der Waals surface area contributed by atoms with Crippen LogP contribution in [0.4, 0.5) is 5.69 Å². The SMILES string of the molecule is CC(=O)N(c1ccc2oc(=O)sc2c1)S(=O)(=O)c1ccc(C(=O)[O-])cc1. The first-order valence-electron chi connectivity index (χ1n) is 7.11. The molecule has 0 aliphatic rings. The average Bonchev–Trinajstić information content (AvgIpc) is 2.93. The van der Waals surface area contributed by atoms with E-state index in [1.807, 2.05) is 0 Å². The maximum Gasteiger partial charge on any atom is 0.396 e. The van der Waals surface area contributed by atoms with E-state index in [-0.39, 0.29) is 21.7 Å². The van der Waals surface area contributed by atoms with Crippen LogP contribution in [0.5, 0.6) is 0 Å². The topological polar surface area (TPSA) is 125 Å². The zero-order chi connectivity index (χ0) is 19.1. The first-order valence-corrected chi connectivity index (χ1v) is 9.37. The van der Waals surface area contributed by atoms with Gasteiger partial charge >= 0.3 is 4.94 Å². The number of hydrogen-bond donors (Lipinski definition) is 0. The van der Waals surface area contributed by atoms with Crippen LogP contribution in [0.1, 0.15) is 17.3 Å². The molecular formula is C16H10NO7S2-. The summed E-state index contributed by atoms with van der Waals surface area (Å²) < 4.78 is 31.6. The Morgan fingerprint density at radius 1 is 1.12 bits per heavy atom. The molecule has 0 saturated heterocycles. The zero-order valence-corrected chi connectivity index (χ0v) is 14.8. The number of benzene rings is 2. The first-order chi connectivity index (χ1) is 12.2. The molecule has 0 saturated carbocycles. The van der Waals surface area contributed by atoms with Gasteiger partial charge in [-0.15, -0.1) is 0 Å². The molecule has 1 amide bonds. The number of nitrogens with zero attached hydrogens (tertiary/aromatic N) is 1. The van der Waals surface area contributed by atoms with Crippen molar-refractivity contribution in [2.45, 2.75) is 11.8 Å². The van der Waals surface area contributed by atoms with Crippen molar-refractivity contribution >= 4 is 49.2 Å². The maximum atomic E-state index is 12.9. The predicted molar refractivity (Wildman–Crippen MR) is 91.5 cm³/mol. The molecule has 3 aromatic rings. The van der Waals surface area contributed by atoms with E-state index in [1.54, 1.807) is 0 Å². The molecule has 26 heavy (non-hydrogen) atoms. The summed E-state index contributed by atoms with van der Waals surface area (Å²) in [6.07, 6.45) is 0. The predicted octanol–water partition coefficient (Wildman–Crippen LogP) is 0.960. The second-order valence-corrected chi connectivity index (χ2v) is 7.95. The van der Waals surface area contributed by atoms with Gasteiger partial charge in [-0.1, -0.05) is 23.5 Å². The molecule has 134 valence electrons. The van der Waals surface area contributed by atoms with E-state index >= 15 is 0 Å². The van der Waals surface area contributed by atoms with Crippen molar-refractivity contribution in [1.82, 2.24) is 0 Å². The van der Waals surface area contributed by atoms with Crippen molar-refractivity contribution in [1.29, 1.82) is 0 Å². The van der Waals surface area contributed by atoms with E-state index in [4.69, 9.17) is 4.42 Å². The van der Waals surface area contributed by atoms with E-state index in [2.05, 4.69) is 0 Å². The molecule has 0 unspecified atom stereocenters. The molecule has 0 bridgehead atoms. The van der Waals surface area contributed by atoms with Gasteiger partial charge in [-0.3, -0.25) is 4.79 Å². The van der Waals surface area contributed by atoms with Crippen LogP contribution in [0.15, 0.2) is 56.6 Å². The third kappa shape index (κ3) is 3.11. The third-order valence-corrected chi connectivity index (χ3v) is 6.07. The minimum absolute atomic E-state index is 0.0334. The Bertz CT molecular complexity index is 1170. The highest BCUT2D eigenvalue weighted by atomic mass is 32.2. The molecule has 0 radical (unpaired) electrons. The summed E-state index contributed by atoms with van der Waals surface area (Å²) in [5, 5.41) is 10.8. The molecule has 1 aromatic heterocycles. The molecule has 0 N–H and O–H groups in total. The highest BCUT2D eigenvalue weighted by molar-refractivity contribution is 7.93. The van der Waals surface area contributed by atoms with E-state index in [0.29, 0.717) is 9.01 Å². The number of carbonyl (C=O) groups is 2. The lowest BCUT2D eigenvalue weighted by molar-refractivity contribution is -0.255. The fourth-order valence-corrected chi connectivity index (χ4v) is 4.47. The maximum absolute atomic E-state index is 12.9. The lowest BCUT2D eigenvalue weighted by Crippen LogP contribution is -2.35. The highest BCUT2D eigenvalue weighted by Gasteiger charge is 2.29. The number of aromatic carboxylic acids is 1. The van der Waals surface area contributed by atoms with Crippen LogP contribution in [-0.2, 0) is 14.8 Å². The molecule has 2 aromatic carbocycles. The van der Waals surface area contributed by atoms with Gasteiger partial charge in [0.1, 0.15) is 5.58 Å². The second-order valence-electron chi connectivity index (χ2n) is 5.19. The van der Waals surface area contributed by atoms with E-state index < -0.39 is 26.8 Å². The molecule has 0 spiro atoms. The van der Waals surface area contributed by atoms with Crippen LogP contribution in [-0.4, -0.2) is 20.3 Å². The lowest BCUT2D eigenvalue weighted by Gasteiger charge is -2.21. The largest absolute Gasteiger partial charge is 0.545 e. The molecule has 0 aliphatic heterocycles. The van der Waals surface area contributed by atoms with Gasteiger partial charge in [0, 0.05) is 6.92 Å².